The SMILES string of the molecule is CC[C@@]1(OC(=O)OCc2ccc(NC(=O)[C@H](CCCCN)CC(=O)COCC(=O)CCCOCCOCCOCCOCCOCCOCCOCCOCCn3cc(CCC(=O)CCC/C=C\c4cnc(SC)nc4)nn3)cc2)C(=O)OCc2c1cc1n(c2=O)Cc2c-1nc1ccccc1c2CCN(C(C)=O)C(C)C. The first-order valence-electron chi connectivity index (χ1n) is 38.2. The van der Waals surface area contributed by atoms with Crippen LogP contribution in [-0.4, -0.2) is 225 Å². The number of unbranched alkanes of at least 4 members (excludes halogenated alkanes) is 2. The summed E-state index contributed by atoms with van der Waals surface area (Å²) in [5, 5.41) is 12.9. The molecular formula is C80H108N10O20S. The molecule has 2 aromatic carbocycles. The molecule has 0 bridgehead atoms. The number of nitrogens with two attached hydrogens (primary N) is 1. The van der Waals surface area contributed by atoms with Crippen LogP contribution in [0.4, 0.5) is 10.5 Å². The average Bonchev–Trinajstić information content (AvgIpc) is 1.61. The molecular weight excluding hydrogens is 1450 g/mol. The Morgan fingerprint density at radius 1 is 0.730 bits per heavy atom. The van der Waals surface area contributed by atoms with Crippen molar-refractivity contribution in [2.75, 3.05) is 144 Å². The van der Waals surface area contributed by atoms with Crippen molar-refractivity contribution < 1.29 is 90.4 Å². The maximum absolute atomic E-state index is 14.4. The minimum atomic E-state index is -2.02. The number of thioether (sulfide) groups is 1. The number of fused-ring (bicyclic) bond motifs is 5. The van der Waals surface area contributed by atoms with Gasteiger partial charge in [-0.2, -0.15) is 0 Å². The highest BCUT2D eigenvalue weighted by Gasteiger charge is 2.51. The molecule has 0 spiro atoms. The molecule has 6 aromatic rings. The van der Waals surface area contributed by atoms with Gasteiger partial charge in [0.25, 0.3) is 5.56 Å². The maximum atomic E-state index is 14.4. The summed E-state index contributed by atoms with van der Waals surface area (Å²) in [5.41, 5.74) is 9.84. The molecule has 2 amide bonds. The van der Waals surface area contributed by atoms with Crippen molar-refractivity contribution in [1.82, 2.24) is 39.4 Å². The maximum Gasteiger partial charge on any atom is 0.510 e. The molecule has 111 heavy (non-hydrogen) atoms. The van der Waals surface area contributed by atoms with E-state index in [0.717, 1.165) is 45.8 Å². The van der Waals surface area contributed by atoms with Crippen LogP contribution in [0.3, 0.4) is 0 Å². The molecule has 8 rings (SSSR count). The van der Waals surface area contributed by atoms with E-state index in [2.05, 4.69) is 25.6 Å². The first-order chi connectivity index (χ1) is 54.0. The van der Waals surface area contributed by atoms with Crippen LogP contribution in [0, 0.1) is 5.92 Å². The highest BCUT2D eigenvalue weighted by atomic mass is 32.2. The van der Waals surface area contributed by atoms with Crippen molar-refractivity contribution in [3.8, 4) is 11.4 Å². The number of benzene rings is 2. The summed E-state index contributed by atoms with van der Waals surface area (Å²) in [6, 6.07) is 15.8. The van der Waals surface area contributed by atoms with Crippen LogP contribution in [0.15, 0.2) is 89.2 Å². The number of amides is 2. The number of ketones is 3. The molecule has 2 atom stereocenters. The zero-order valence-electron chi connectivity index (χ0n) is 64.6. The Labute approximate surface area is 652 Å². The van der Waals surface area contributed by atoms with E-state index in [0.29, 0.717) is 205 Å². The van der Waals surface area contributed by atoms with E-state index in [-0.39, 0.29) is 98.6 Å². The second-order valence-electron chi connectivity index (χ2n) is 27.0. The fourth-order valence-corrected chi connectivity index (χ4v) is 13.0. The molecule has 0 unspecified atom stereocenters. The molecule has 6 heterocycles. The predicted molar refractivity (Wildman–Crippen MR) is 413 cm³/mol. The topological polar surface area (TPSA) is 363 Å². The van der Waals surface area contributed by atoms with Crippen molar-refractivity contribution in [2.45, 2.75) is 154 Å². The Balaban J connectivity index is 0.597. The number of Topliss-reactive ketones (excluding diaryl/α,β-unsaturated/α-hetero) is 3. The Morgan fingerprint density at radius 3 is 1.99 bits per heavy atom. The van der Waals surface area contributed by atoms with Crippen molar-refractivity contribution in [2.24, 2.45) is 11.7 Å². The zero-order valence-corrected chi connectivity index (χ0v) is 65.4. The fraction of sp³-hybridized carbons (Fsp3) is 0.562. The van der Waals surface area contributed by atoms with Gasteiger partial charge in [0.1, 0.15) is 32.2 Å². The molecule has 31 heteroatoms. The number of anilines is 1. The van der Waals surface area contributed by atoms with Gasteiger partial charge in [-0.25, -0.2) is 29.2 Å². The minimum absolute atomic E-state index is 0.0211. The lowest BCUT2D eigenvalue weighted by Crippen LogP contribution is -2.47. The van der Waals surface area contributed by atoms with Crippen LogP contribution in [0.1, 0.15) is 137 Å². The Hall–Kier alpha value is -8.60. The number of aromatic nitrogens is 7. The van der Waals surface area contributed by atoms with Gasteiger partial charge in [-0.15, -0.1) is 5.10 Å². The third-order valence-electron chi connectivity index (χ3n) is 18.6. The summed E-state index contributed by atoms with van der Waals surface area (Å²) in [7, 11) is 0. The fourth-order valence-electron chi connectivity index (χ4n) is 12.6. The highest BCUT2D eigenvalue weighted by molar-refractivity contribution is 7.98. The normalized spacial score (nSPS) is 14.0. The number of ether oxygens (including phenoxy) is 12. The second-order valence-corrected chi connectivity index (χ2v) is 27.7. The summed E-state index contributed by atoms with van der Waals surface area (Å²) >= 11 is 1.50. The number of nitrogens with one attached hydrogen (secondary N) is 1. The zero-order chi connectivity index (χ0) is 79.0. The molecule has 4 aromatic heterocycles. The van der Waals surface area contributed by atoms with Crippen LogP contribution < -0.4 is 16.6 Å². The van der Waals surface area contributed by atoms with Gasteiger partial charge in [0.2, 0.25) is 17.4 Å². The van der Waals surface area contributed by atoms with E-state index in [1.54, 1.807) is 70.7 Å². The monoisotopic (exact) mass is 1560 g/mol. The van der Waals surface area contributed by atoms with Gasteiger partial charge in [-0.1, -0.05) is 72.8 Å². The van der Waals surface area contributed by atoms with E-state index in [1.807, 2.05) is 62.7 Å². The van der Waals surface area contributed by atoms with E-state index in [4.69, 9.17) is 67.6 Å². The number of carbonyl (C=O) groups is 7. The van der Waals surface area contributed by atoms with Crippen LogP contribution >= 0.6 is 11.8 Å². The van der Waals surface area contributed by atoms with Crippen molar-refractivity contribution in [3.63, 3.8) is 0 Å². The standard InChI is InChI=1S/C80H108N10O20S/c1-6-80(71-48-73-74-69(52-90(73)76(96)70(71)56-108-77(80)97)67(27-29-89(57(2)3)58(4)91)68-19-10-11-20-72(68)85-74)110-79(98)109-53-59-21-23-62(24-22-59)84-75(95)61(16-12-13-28-81)47-66(94)55-107-54-65(93)18-14-31-99-33-35-101-37-39-103-41-43-105-45-46-106-44-42-104-40-38-102-36-34-100-32-30-88-51-63(86-87-88)25-26-64(92)17-9-7-8-15-60-49-82-78(111-5)83-50-60/h8,10-11,15,19-24,48-51,57,61H,6-7,9,12-14,16-18,25-47,52-56,81H2,1-5H3,(H,84,95)/b15-8-/t61-,80+/m1/s1. The summed E-state index contributed by atoms with van der Waals surface area (Å²) in [6.07, 6.45) is 16.0. The number of hydrogen-bond acceptors (Lipinski definition) is 27. The Morgan fingerprint density at radius 2 is 1.36 bits per heavy atom. The molecule has 0 aliphatic carbocycles. The molecule has 604 valence electrons. The molecule has 2 aliphatic heterocycles. The van der Waals surface area contributed by atoms with Gasteiger partial charge in [0.15, 0.2) is 16.7 Å². The molecule has 0 fully saturated rings. The smallest absolute Gasteiger partial charge is 0.457 e. The molecule has 30 nitrogen and oxygen atoms in total. The van der Waals surface area contributed by atoms with Crippen LogP contribution in [0.5, 0.6) is 0 Å². The van der Waals surface area contributed by atoms with E-state index >= 15 is 0 Å². The number of allylic oxidation sites excluding steroid dienone is 1. The number of pyridine rings is 2. The van der Waals surface area contributed by atoms with Gasteiger partial charge in [0, 0.05) is 104 Å². The number of cyclic esters (lactones) is 1. The second kappa shape index (κ2) is 48.3. The highest BCUT2D eigenvalue weighted by Crippen LogP contribution is 2.42. The number of esters is 1. The van der Waals surface area contributed by atoms with E-state index in [9.17, 15) is 38.4 Å². The first-order valence-corrected chi connectivity index (χ1v) is 39.5. The first kappa shape index (κ1) is 88.0. The lowest BCUT2D eigenvalue weighted by Gasteiger charge is -2.35. The van der Waals surface area contributed by atoms with Crippen molar-refractivity contribution in [3.05, 3.63) is 129 Å². The van der Waals surface area contributed by atoms with Crippen LogP contribution in [-0.2, 0) is 130 Å². The summed E-state index contributed by atoms with van der Waals surface area (Å²) in [4.78, 5) is 121. The Bertz CT molecular complexity index is 4030. The van der Waals surface area contributed by atoms with Crippen LogP contribution in [0.2, 0.25) is 0 Å². The predicted octanol–water partition coefficient (Wildman–Crippen LogP) is 8.57. The number of hydrogen-bond donors (Lipinski definition) is 2. The average molecular weight is 1560 g/mol. The minimum Gasteiger partial charge on any atom is -0.457 e. The Kier molecular flexibility index (Phi) is 38.3. The molecule has 0 saturated heterocycles. The lowest BCUT2D eigenvalue weighted by atomic mass is 9.85. The summed E-state index contributed by atoms with van der Waals surface area (Å²) < 4.78 is 70.4. The van der Waals surface area contributed by atoms with E-state index in [1.165, 1.54) is 11.8 Å². The third kappa shape index (κ3) is 28.8. The number of para-hydroxylation sites is 1. The lowest BCUT2D eigenvalue weighted by molar-refractivity contribution is -0.175. The number of carbonyl (C=O) groups excluding carboxylic acids is 7. The number of rotatable bonds is 57. The van der Waals surface area contributed by atoms with Gasteiger partial charge in [-0.3, -0.25) is 28.8 Å². The quantitative estimate of drug-likeness (QED) is 0.0156. The molecule has 0 radical (unpaired) electrons. The molecule has 2 aliphatic rings. The summed E-state index contributed by atoms with van der Waals surface area (Å²) in [5.74, 6) is -2.30. The van der Waals surface area contributed by atoms with Crippen LogP contribution in [0.25, 0.3) is 28.4 Å². The van der Waals surface area contributed by atoms with Gasteiger partial charge in [0.05, 0.1) is 140 Å². The van der Waals surface area contributed by atoms with Gasteiger partial charge in [-0.05, 0) is 113 Å². The molecule has 3 N–H and O–H groups in total. The third-order valence-corrected chi connectivity index (χ3v) is 19.1. The number of nitrogens with zero attached hydrogens (tertiary/aromatic N) is 8. The number of aryl methyl sites for hydroxylation is 1. The van der Waals surface area contributed by atoms with Gasteiger partial charge >= 0.3 is 12.1 Å². The van der Waals surface area contributed by atoms with E-state index < -0.39 is 29.2 Å². The molecule has 0 saturated carbocycles. The van der Waals surface area contributed by atoms with Crippen molar-refractivity contribution in [1.29, 1.82) is 0 Å². The summed E-state index contributed by atoms with van der Waals surface area (Å²) in [6.45, 7) is 14.2. The largest absolute Gasteiger partial charge is 0.510 e. The van der Waals surface area contributed by atoms with Crippen molar-refractivity contribution >= 4 is 75.7 Å². The van der Waals surface area contributed by atoms with Gasteiger partial charge < -0.3 is 77.4 Å².